The Morgan fingerprint density at radius 2 is 2.08 bits per heavy atom. The summed E-state index contributed by atoms with van der Waals surface area (Å²) >= 11 is 0. The summed E-state index contributed by atoms with van der Waals surface area (Å²) in [6, 6.07) is 6.18. The number of hydrogen-bond donors (Lipinski definition) is 0. The number of benzene rings is 1. The average molecular weight is 178 g/mol. The van der Waals surface area contributed by atoms with Gasteiger partial charge in [0, 0.05) is 0 Å². The average Bonchev–Trinajstić information content (AvgIpc) is 2.63. The molecule has 1 aliphatic rings. The van der Waals surface area contributed by atoms with Gasteiger partial charge in [-0.1, -0.05) is 19.9 Å². The Morgan fingerprint density at radius 3 is 2.85 bits per heavy atom. The fourth-order valence-corrected chi connectivity index (χ4v) is 1.46. The van der Waals surface area contributed by atoms with Gasteiger partial charge in [0.1, 0.15) is 0 Å². The Morgan fingerprint density at radius 1 is 1.31 bits per heavy atom. The highest BCUT2D eigenvalue weighted by Crippen LogP contribution is 2.34. The van der Waals surface area contributed by atoms with Crippen molar-refractivity contribution in [3.05, 3.63) is 23.8 Å². The summed E-state index contributed by atoms with van der Waals surface area (Å²) in [6.07, 6.45) is 1.15. The molecule has 0 radical (unpaired) electrons. The van der Waals surface area contributed by atoms with E-state index in [4.69, 9.17) is 9.47 Å². The lowest BCUT2D eigenvalue weighted by Crippen LogP contribution is -1.93. The lowest BCUT2D eigenvalue weighted by molar-refractivity contribution is 0.174. The van der Waals surface area contributed by atoms with Crippen molar-refractivity contribution in [1.29, 1.82) is 0 Å². The van der Waals surface area contributed by atoms with Crippen LogP contribution in [0.5, 0.6) is 11.5 Å². The molecule has 1 heterocycles. The van der Waals surface area contributed by atoms with Gasteiger partial charge in [-0.2, -0.15) is 0 Å². The quantitative estimate of drug-likeness (QED) is 0.693. The van der Waals surface area contributed by atoms with Crippen LogP contribution in [0.1, 0.15) is 31.7 Å². The number of ether oxygens (including phenoxy) is 2. The van der Waals surface area contributed by atoms with Gasteiger partial charge < -0.3 is 9.47 Å². The van der Waals surface area contributed by atoms with Crippen molar-refractivity contribution in [3.8, 4) is 11.5 Å². The van der Waals surface area contributed by atoms with Crippen LogP contribution in [0.2, 0.25) is 0 Å². The molecule has 0 aromatic heterocycles. The van der Waals surface area contributed by atoms with Gasteiger partial charge in [-0.05, 0) is 30.0 Å². The number of fused-ring (bicyclic) bond motifs is 1. The van der Waals surface area contributed by atoms with E-state index in [1.165, 1.54) is 5.56 Å². The minimum absolute atomic E-state index is 0.360. The summed E-state index contributed by atoms with van der Waals surface area (Å²) < 4.78 is 10.6. The molecule has 0 N–H and O–H groups in total. The summed E-state index contributed by atoms with van der Waals surface area (Å²) in [5, 5.41) is 0. The standard InChI is InChI=1S/C11H14O2/c1-3-8(2)9-4-5-10-11(6-9)13-7-12-10/h4-6,8H,3,7H2,1-2H3/t8-/m1/s1. The molecule has 13 heavy (non-hydrogen) atoms. The van der Waals surface area contributed by atoms with E-state index in [2.05, 4.69) is 26.0 Å². The number of hydrogen-bond acceptors (Lipinski definition) is 2. The zero-order chi connectivity index (χ0) is 9.26. The molecule has 1 aromatic carbocycles. The Labute approximate surface area is 78.5 Å². The monoisotopic (exact) mass is 178 g/mol. The number of rotatable bonds is 2. The Bertz CT molecular complexity index is 307. The lowest BCUT2D eigenvalue weighted by atomic mass is 9.98. The molecule has 0 spiro atoms. The van der Waals surface area contributed by atoms with E-state index in [1.807, 2.05) is 6.07 Å². The van der Waals surface area contributed by atoms with Gasteiger partial charge in [-0.25, -0.2) is 0 Å². The second-order valence-electron chi connectivity index (χ2n) is 3.42. The normalized spacial score (nSPS) is 15.8. The molecule has 1 atom stereocenters. The minimum Gasteiger partial charge on any atom is -0.454 e. The van der Waals surface area contributed by atoms with E-state index < -0.39 is 0 Å². The molecule has 0 aliphatic carbocycles. The summed E-state index contributed by atoms with van der Waals surface area (Å²) in [7, 11) is 0. The van der Waals surface area contributed by atoms with Gasteiger partial charge in [0.15, 0.2) is 11.5 Å². The smallest absolute Gasteiger partial charge is 0.231 e. The predicted molar refractivity (Wildman–Crippen MR) is 51.3 cm³/mol. The summed E-state index contributed by atoms with van der Waals surface area (Å²) in [6.45, 7) is 4.77. The van der Waals surface area contributed by atoms with Crippen LogP contribution in [-0.4, -0.2) is 6.79 Å². The first kappa shape index (κ1) is 8.42. The summed E-state index contributed by atoms with van der Waals surface area (Å²) in [4.78, 5) is 0. The van der Waals surface area contributed by atoms with Crippen molar-refractivity contribution in [1.82, 2.24) is 0 Å². The van der Waals surface area contributed by atoms with E-state index in [-0.39, 0.29) is 0 Å². The molecular weight excluding hydrogens is 164 g/mol. The molecular formula is C11H14O2. The highest BCUT2D eigenvalue weighted by atomic mass is 16.7. The van der Waals surface area contributed by atoms with Gasteiger partial charge in [0.2, 0.25) is 6.79 Å². The molecule has 2 rings (SSSR count). The second kappa shape index (κ2) is 3.29. The Hall–Kier alpha value is -1.18. The molecule has 0 amide bonds. The third-order valence-corrected chi connectivity index (χ3v) is 2.58. The molecule has 0 saturated carbocycles. The maximum atomic E-state index is 5.31. The molecule has 0 saturated heterocycles. The Balaban J connectivity index is 2.30. The zero-order valence-corrected chi connectivity index (χ0v) is 8.04. The first-order chi connectivity index (χ1) is 6.31. The van der Waals surface area contributed by atoms with Crippen molar-refractivity contribution >= 4 is 0 Å². The molecule has 0 unspecified atom stereocenters. The topological polar surface area (TPSA) is 18.5 Å². The molecule has 70 valence electrons. The molecule has 0 bridgehead atoms. The van der Waals surface area contributed by atoms with Crippen molar-refractivity contribution in [2.24, 2.45) is 0 Å². The van der Waals surface area contributed by atoms with Crippen LogP contribution in [0.15, 0.2) is 18.2 Å². The molecule has 1 aromatic rings. The van der Waals surface area contributed by atoms with Crippen LogP contribution in [0.25, 0.3) is 0 Å². The van der Waals surface area contributed by atoms with Crippen molar-refractivity contribution in [2.75, 3.05) is 6.79 Å². The van der Waals surface area contributed by atoms with Crippen LogP contribution in [-0.2, 0) is 0 Å². The van der Waals surface area contributed by atoms with Crippen LogP contribution in [0, 0.1) is 0 Å². The lowest BCUT2D eigenvalue weighted by Gasteiger charge is -2.08. The third kappa shape index (κ3) is 1.48. The fourth-order valence-electron chi connectivity index (χ4n) is 1.46. The van der Waals surface area contributed by atoms with Crippen LogP contribution < -0.4 is 9.47 Å². The van der Waals surface area contributed by atoms with Crippen molar-refractivity contribution in [3.63, 3.8) is 0 Å². The fraction of sp³-hybridized carbons (Fsp3) is 0.455. The van der Waals surface area contributed by atoms with Gasteiger partial charge in [-0.15, -0.1) is 0 Å². The second-order valence-corrected chi connectivity index (χ2v) is 3.42. The van der Waals surface area contributed by atoms with E-state index in [0.29, 0.717) is 12.7 Å². The Kier molecular flexibility index (Phi) is 2.13. The highest BCUT2D eigenvalue weighted by Gasteiger charge is 2.14. The molecule has 2 heteroatoms. The molecule has 0 fully saturated rings. The van der Waals surface area contributed by atoms with Gasteiger partial charge in [0.05, 0.1) is 0 Å². The van der Waals surface area contributed by atoms with Crippen LogP contribution in [0.3, 0.4) is 0 Å². The van der Waals surface area contributed by atoms with Gasteiger partial charge in [-0.3, -0.25) is 0 Å². The van der Waals surface area contributed by atoms with E-state index in [9.17, 15) is 0 Å². The van der Waals surface area contributed by atoms with Crippen LogP contribution >= 0.6 is 0 Å². The zero-order valence-electron chi connectivity index (χ0n) is 8.04. The summed E-state index contributed by atoms with van der Waals surface area (Å²) in [5.74, 6) is 2.35. The van der Waals surface area contributed by atoms with E-state index in [0.717, 1.165) is 17.9 Å². The molecule has 2 nitrogen and oxygen atoms in total. The third-order valence-electron chi connectivity index (χ3n) is 2.58. The van der Waals surface area contributed by atoms with Crippen molar-refractivity contribution in [2.45, 2.75) is 26.2 Å². The van der Waals surface area contributed by atoms with Crippen LogP contribution in [0.4, 0.5) is 0 Å². The predicted octanol–water partition coefficient (Wildman–Crippen LogP) is 2.93. The first-order valence-electron chi connectivity index (χ1n) is 4.71. The molecule has 1 aliphatic heterocycles. The van der Waals surface area contributed by atoms with Gasteiger partial charge in [0.25, 0.3) is 0 Å². The van der Waals surface area contributed by atoms with E-state index >= 15 is 0 Å². The van der Waals surface area contributed by atoms with Crippen molar-refractivity contribution < 1.29 is 9.47 Å². The highest BCUT2D eigenvalue weighted by molar-refractivity contribution is 5.45. The van der Waals surface area contributed by atoms with Gasteiger partial charge >= 0.3 is 0 Å². The summed E-state index contributed by atoms with van der Waals surface area (Å²) in [5.41, 5.74) is 1.33. The SMILES string of the molecule is CC[C@@H](C)c1ccc2c(c1)OCO2. The van der Waals surface area contributed by atoms with E-state index in [1.54, 1.807) is 0 Å². The maximum Gasteiger partial charge on any atom is 0.231 e. The largest absolute Gasteiger partial charge is 0.454 e. The minimum atomic E-state index is 0.360. The first-order valence-corrected chi connectivity index (χ1v) is 4.71. The maximum absolute atomic E-state index is 5.31.